The van der Waals surface area contributed by atoms with Crippen molar-refractivity contribution in [1.82, 2.24) is 14.8 Å². The van der Waals surface area contributed by atoms with Gasteiger partial charge < -0.3 is 15.5 Å². The quantitative estimate of drug-likeness (QED) is 0.842. The number of likely N-dealkylation sites (tertiary alicyclic amines) is 1. The molecule has 2 rings (SSSR count). The van der Waals surface area contributed by atoms with Gasteiger partial charge in [-0.3, -0.25) is 4.98 Å². The van der Waals surface area contributed by atoms with Gasteiger partial charge in [0, 0.05) is 32.4 Å². The Labute approximate surface area is 110 Å². The Balaban J connectivity index is 1.88. The number of nitrogens with two attached hydrogens (primary N) is 1. The van der Waals surface area contributed by atoms with E-state index in [9.17, 15) is 0 Å². The number of nitrogens with zero attached hydrogens (tertiary/aromatic N) is 3. The van der Waals surface area contributed by atoms with Gasteiger partial charge in [0.15, 0.2) is 0 Å². The van der Waals surface area contributed by atoms with E-state index in [0.717, 1.165) is 24.7 Å². The van der Waals surface area contributed by atoms with Gasteiger partial charge in [-0.15, -0.1) is 0 Å². The molecule has 4 heteroatoms. The smallest absolute Gasteiger partial charge is 0.0584 e. The summed E-state index contributed by atoms with van der Waals surface area (Å²) in [5.74, 6) is 0.804. The fraction of sp³-hybridized carbons (Fsp3) is 0.643. The Bertz CT molecular complexity index is 380. The highest BCUT2D eigenvalue weighted by molar-refractivity contribution is 5.19. The lowest BCUT2D eigenvalue weighted by atomic mass is 10.1. The van der Waals surface area contributed by atoms with Crippen molar-refractivity contribution in [3.63, 3.8) is 0 Å². The molecule has 2 heterocycles. The Morgan fingerprint density at radius 3 is 3.06 bits per heavy atom. The van der Waals surface area contributed by atoms with Crippen LogP contribution in [0.1, 0.15) is 17.7 Å². The number of hydrogen-bond acceptors (Lipinski definition) is 4. The highest BCUT2D eigenvalue weighted by atomic mass is 15.1. The normalized spacial score (nSPS) is 20.8. The molecule has 0 amide bonds. The maximum Gasteiger partial charge on any atom is 0.0584 e. The van der Waals surface area contributed by atoms with Crippen molar-refractivity contribution in [3.05, 3.63) is 29.6 Å². The average Bonchev–Trinajstić information content (AvgIpc) is 2.75. The maximum atomic E-state index is 5.72. The Morgan fingerprint density at radius 2 is 2.39 bits per heavy atom. The van der Waals surface area contributed by atoms with Gasteiger partial charge in [0.1, 0.15) is 0 Å². The summed E-state index contributed by atoms with van der Waals surface area (Å²) in [5.41, 5.74) is 8.00. The van der Waals surface area contributed by atoms with Gasteiger partial charge in [0.2, 0.25) is 0 Å². The maximum absolute atomic E-state index is 5.72. The Hall–Kier alpha value is -0.970. The van der Waals surface area contributed by atoms with Crippen molar-refractivity contribution in [2.45, 2.75) is 19.5 Å². The summed E-state index contributed by atoms with van der Waals surface area (Å²) in [6.45, 7) is 5.08. The first kappa shape index (κ1) is 13.5. The molecule has 1 unspecified atom stereocenters. The van der Waals surface area contributed by atoms with Gasteiger partial charge in [-0.05, 0) is 44.6 Å². The minimum Gasteiger partial charge on any atom is -0.325 e. The van der Waals surface area contributed by atoms with Crippen LogP contribution in [0.4, 0.5) is 0 Å². The molecule has 18 heavy (non-hydrogen) atoms. The third-order valence-corrected chi connectivity index (χ3v) is 3.68. The van der Waals surface area contributed by atoms with E-state index in [-0.39, 0.29) is 0 Å². The molecular formula is C14H24N4. The SMILES string of the molecule is CN1CCC(CN(C)Cc2cccnc2CN)C1. The van der Waals surface area contributed by atoms with Crippen LogP contribution < -0.4 is 5.73 Å². The second-order valence-corrected chi connectivity index (χ2v) is 5.43. The molecule has 1 fully saturated rings. The fourth-order valence-corrected chi connectivity index (χ4v) is 2.77. The summed E-state index contributed by atoms with van der Waals surface area (Å²) < 4.78 is 0. The molecule has 1 aromatic heterocycles. The van der Waals surface area contributed by atoms with Crippen molar-refractivity contribution in [3.8, 4) is 0 Å². The first-order valence-corrected chi connectivity index (χ1v) is 6.69. The number of pyridine rings is 1. The number of aromatic nitrogens is 1. The summed E-state index contributed by atoms with van der Waals surface area (Å²) in [5, 5.41) is 0. The average molecular weight is 248 g/mol. The lowest BCUT2D eigenvalue weighted by Crippen LogP contribution is -2.27. The summed E-state index contributed by atoms with van der Waals surface area (Å²) in [6, 6.07) is 4.12. The minimum atomic E-state index is 0.524. The van der Waals surface area contributed by atoms with Gasteiger partial charge >= 0.3 is 0 Å². The van der Waals surface area contributed by atoms with Gasteiger partial charge in [-0.2, -0.15) is 0 Å². The van der Waals surface area contributed by atoms with Gasteiger partial charge in [0.05, 0.1) is 5.69 Å². The summed E-state index contributed by atoms with van der Waals surface area (Å²) >= 11 is 0. The third kappa shape index (κ3) is 3.51. The molecule has 0 aromatic carbocycles. The predicted octanol–water partition coefficient (Wildman–Crippen LogP) is 0.924. The van der Waals surface area contributed by atoms with Crippen LogP contribution in [-0.4, -0.2) is 48.5 Å². The first-order chi connectivity index (χ1) is 8.69. The van der Waals surface area contributed by atoms with Crippen LogP contribution in [0, 0.1) is 5.92 Å². The lowest BCUT2D eigenvalue weighted by Gasteiger charge is -2.21. The zero-order valence-corrected chi connectivity index (χ0v) is 11.5. The molecule has 1 aliphatic heterocycles. The van der Waals surface area contributed by atoms with E-state index in [4.69, 9.17) is 5.73 Å². The van der Waals surface area contributed by atoms with E-state index in [1.807, 2.05) is 12.3 Å². The van der Waals surface area contributed by atoms with Crippen LogP contribution in [0.15, 0.2) is 18.3 Å². The Kier molecular flexibility index (Phi) is 4.69. The number of rotatable bonds is 5. The van der Waals surface area contributed by atoms with E-state index >= 15 is 0 Å². The molecule has 2 N–H and O–H groups in total. The molecule has 0 aliphatic carbocycles. The summed E-state index contributed by atoms with van der Waals surface area (Å²) in [7, 11) is 4.39. The van der Waals surface area contributed by atoms with E-state index < -0.39 is 0 Å². The first-order valence-electron chi connectivity index (χ1n) is 6.69. The molecule has 0 radical (unpaired) electrons. The van der Waals surface area contributed by atoms with Crippen molar-refractivity contribution in [2.24, 2.45) is 11.7 Å². The summed E-state index contributed by atoms with van der Waals surface area (Å²) in [6.07, 6.45) is 3.13. The topological polar surface area (TPSA) is 45.4 Å². The monoisotopic (exact) mass is 248 g/mol. The summed E-state index contributed by atoms with van der Waals surface area (Å²) in [4.78, 5) is 9.13. The van der Waals surface area contributed by atoms with Crippen molar-refractivity contribution in [2.75, 3.05) is 33.7 Å². The molecular weight excluding hydrogens is 224 g/mol. The third-order valence-electron chi connectivity index (χ3n) is 3.68. The van der Waals surface area contributed by atoms with Gasteiger partial charge in [-0.25, -0.2) is 0 Å². The molecule has 1 atom stereocenters. The molecule has 0 bridgehead atoms. The zero-order valence-electron chi connectivity index (χ0n) is 11.5. The second-order valence-electron chi connectivity index (χ2n) is 5.43. The van der Waals surface area contributed by atoms with Crippen LogP contribution in [0.2, 0.25) is 0 Å². The molecule has 1 saturated heterocycles. The molecule has 4 nitrogen and oxygen atoms in total. The lowest BCUT2D eigenvalue weighted by molar-refractivity contribution is 0.266. The molecule has 0 saturated carbocycles. The van der Waals surface area contributed by atoms with Crippen LogP contribution >= 0.6 is 0 Å². The van der Waals surface area contributed by atoms with Gasteiger partial charge in [0.25, 0.3) is 0 Å². The largest absolute Gasteiger partial charge is 0.325 e. The van der Waals surface area contributed by atoms with Crippen molar-refractivity contribution < 1.29 is 0 Å². The molecule has 0 spiro atoms. The highest BCUT2D eigenvalue weighted by Gasteiger charge is 2.20. The van der Waals surface area contributed by atoms with Crippen molar-refractivity contribution >= 4 is 0 Å². The van der Waals surface area contributed by atoms with E-state index in [0.29, 0.717) is 6.54 Å². The zero-order chi connectivity index (χ0) is 13.0. The van der Waals surface area contributed by atoms with Crippen LogP contribution in [0.3, 0.4) is 0 Å². The molecule has 1 aromatic rings. The number of hydrogen-bond donors (Lipinski definition) is 1. The standard InChI is InChI=1S/C14H24N4/c1-17-7-5-12(9-17)10-18(2)11-13-4-3-6-16-14(13)8-15/h3-4,6,12H,5,7-11,15H2,1-2H3. The molecule has 100 valence electrons. The van der Waals surface area contributed by atoms with Crippen molar-refractivity contribution in [1.29, 1.82) is 0 Å². The van der Waals surface area contributed by atoms with Crippen LogP contribution in [0.5, 0.6) is 0 Å². The highest BCUT2D eigenvalue weighted by Crippen LogP contribution is 2.16. The molecule has 1 aliphatic rings. The van der Waals surface area contributed by atoms with Crippen LogP contribution in [-0.2, 0) is 13.1 Å². The minimum absolute atomic E-state index is 0.524. The van der Waals surface area contributed by atoms with E-state index in [1.54, 1.807) is 0 Å². The van der Waals surface area contributed by atoms with E-state index in [1.165, 1.54) is 25.1 Å². The second kappa shape index (κ2) is 6.27. The van der Waals surface area contributed by atoms with E-state index in [2.05, 4.69) is 34.9 Å². The van der Waals surface area contributed by atoms with Gasteiger partial charge in [-0.1, -0.05) is 6.07 Å². The van der Waals surface area contributed by atoms with Crippen LogP contribution in [0.25, 0.3) is 0 Å². The predicted molar refractivity (Wildman–Crippen MR) is 74.1 cm³/mol. The fourth-order valence-electron chi connectivity index (χ4n) is 2.77. The Morgan fingerprint density at radius 1 is 1.56 bits per heavy atom.